The smallest absolute Gasteiger partial charge is 0.336 e. The van der Waals surface area contributed by atoms with Gasteiger partial charge < -0.3 is 14.8 Å². The Morgan fingerprint density at radius 2 is 1.59 bits per heavy atom. The molecule has 1 aliphatic heterocycles. The van der Waals surface area contributed by atoms with E-state index in [1.54, 1.807) is 0 Å². The van der Waals surface area contributed by atoms with Crippen LogP contribution in [0.25, 0.3) is 0 Å². The highest BCUT2D eigenvalue weighted by molar-refractivity contribution is 6.04. The first-order valence-electron chi connectivity index (χ1n) is 13.6. The highest BCUT2D eigenvalue weighted by atomic mass is 16.5. The summed E-state index contributed by atoms with van der Waals surface area (Å²) < 4.78 is 12.0. The molecule has 0 radical (unpaired) electrons. The molecule has 2 aliphatic rings. The summed E-state index contributed by atoms with van der Waals surface area (Å²) in [5, 5.41) is 3.44. The number of ether oxygens (including phenoxy) is 2. The molecule has 0 aromatic heterocycles. The summed E-state index contributed by atoms with van der Waals surface area (Å²) in [6.45, 7) is 6.60. The summed E-state index contributed by atoms with van der Waals surface area (Å²) >= 11 is 0. The van der Waals surface area contributed by atoms with Crippen LogP contribution in [0.2, 0.25) is 0 Å². The summed E-state index contributed by atoms with van der Waals surface area (Å²) in [6.07, 6.45) is 1.09. The van der Waals surface area contributed by atoms with Gasteiger partial charge in [-0.15, -0.1) is 0 Å². The first-order chi connectivity index (χ1) is 18.9. The molecule has 0 saturated carbocycles. The Labute approximate surface area is 230 Å². The number of nitrogens with one attached hydrogen (secondary N) is 1. The van der Waals surface area contributed by atoms with Crippen molar-refractivity contribution in [1.29, 1.82) is 0 Å². The Kier molecular flexibility index (Phi) is 7.97. The number of para-hydroxylation sites is 1. The molecule has 1 aliphatic carbocycles. The Morgan fingerprint density at radius 3 is 2.31 bits per heavy atom. The fraction of sp³-hybridized carbons (Fsp3) is 0.294. The third kappa shape index (κ3) is 5.83. The molecule has 1 heterocycles. The average molecular weight is 522 g/mol. The maximum Gasteiger partial charge on any atom is 0.336 e. The van der Waals surface area contributed by atoms with Gasteiger partial charge in [-0.3, -0.25) is 4.79 Å². The van der Waals surface area contributed by atoms with E-state index in [1.165, 1.54) is 0 Å². The van der Waals surface area contributed by atoms with Crippen molar-refractivity contribution < 1.29 is 19.1 Å². The number of ketones is 1. The van der Waals surface area contributed by atoms with Crippen molar-refractivity contribution in [2.24, 2.45) is 5.92 Å². The largest absolute Gasteiger partial charge is 0.489 e. The number of hydrogen-bond acceptors (Lipinski definition) is 5. The van der Waals surface area contributed by atoms with Gasteiger partial charge in [0.2, 0.25) is 0 Å². The number of dihydropyridines is 1. The van der Waals surface area contributed by atoms with E-state index in [0.29, 0.717) is 48.6 Å². The minimum atomic E-state index is -0.572. The van der Waals surface area contributed by atoms with Crippen molar-refractivity contribution in [1.82, 2.24) is 5.32 Å². The lowest BCUT2D eigenvalue weighted by Crippen LogP contribution is -2.36. The van der Waals surface area contributed by atoms with Crippen LogP contribution in [0.3, 0.4) is 0 Å². The van der Waals surface area contributed by atoms with E-state index in [-0.39, 0.29) is 17.6 Å². The van der Waals surface area contributed by atoms with E-state index >= 15 is 0 Å². The van der Waals surface area contributed by atoms with Crippen LogP contribution in [0.4, 0.5) is 0 Å². The SMILES string of the molecule is CC1=C(C(=O)OCC(C)C)[C@@H](c2ccccc2OCc2ccccc2)C2=C(C[C@@H](c3ccccc3)CC2=O)N1. The number of carbonyl (C=O) groups excluding carboxylic acids is 2. The monoisotopic (exact) mass is 521 g/mol. The zero-order valence-electron chi connectivity index (χ0n) is 22.8. The van der Waals surface area contributed by atoms with Gasteiger partial charge in [0.25, 0.3) is 0 Å². The van der Waals surface area contributed by atoms with E-state index in [4.69, 9.17) is 9.47 Å². The maximum absolute atomic E-state index is 13.9. The van der Waals surface area contributed by atoms with Crippen molar-refractivity contribution in [2.45, 2.75) is 52.1 Å². The Morgan fingerprint density at radius 1 is 0.923 bits per heavy atom. The average Bonchev–Trinajstić information content (AvgIpc) is 2.95. The molecule has 3 aromatic rings. The summed E-state index contributed by atoms with van der Waals surface area (Å²) in [5.74, 6) is 0.00172. The van der Waals surface area contributed by atoms with Crippen LogP contribution in [-0.4, -0.2) is 18.4 Å². The van der Waals surface area contributed by atoms with Crippen LogP contribution >= 0.6 is 0 Å². The Balaban J connectivity index is 1.56. The van der Waals surface area contributed by atoms with Gasteiger partial charge in [-0.1, -0.05) is 92.7 Å². The van der Waals surface area contributed by atoms with E-state index in [2.05, 4.69) is 17.4 Å². The first-order valence-corrected chi connectivity index (χ1v) is 13.6. The Bertz CT molecular complexity index is 1410. The number of esters is 1. The van der Waals surface area contributed by atoms with Gasteiger partial charge in [0, 0.05) is 29.0 Å². The van der Waals surface area contributed by atoms with E-state index in [1.807, 2.05) is 93.6 Å². The quantitative estimate of drug-likeness (QED) is 0.329. The highest BCUT2D eigenvalue weighted by Gasteiger charge is 2.42. The number of hydrogen-bond donors (Lipinski definition) is 1. The fourth-order valence-corrected chi connectivity index (χ4v) is 5.49. The number of rotatable bonds is 8. The van der Waals surface area contributed by atoms with Gasteiger partial charge in [-0.2, -0.15) is 0 Å². The minimum Gasteiger partial charge on any atom is -0.489 e. The molecule has 0 spiro atoms. The van der Waals surface area contributed by atoms with Crippen LogP contribution in [0.15, 0.2) is 107 Å². The molecular formula is C34H35NO4. The molecule has 39 heavy (non-hydrogen) atoms. The van der Waals surface area contributed by atoms with Crippen LogP contribution in [-0.2, 0) is 20.9 Å². The molecule has 0 saturated heterocycles. The van der Waals surface area contributed by atoms with Gasteiger partial charge in [0.15, 0.2) is 5.78 Å². The molecule has 2 atom stereocenters. The van der Waals surface area contributed by atoms with Crippen molar-refractivity contribution in [3.8, 4) is 5.75 Å². The standard InChI is InChI=1S/C34H35NO4/c1-22(2)20-39-34(37)31-23(3)35-28-18-26(25-14-8-5-9-15-25)19-29(36)33(28)32(31)27-16-10-11-17-30(27)38-21-24-12-6-4-7-13-24/h4-17,22,26,32,35H,18-21H2,1-3H3/t26-,32-/m1/s1. The van der Waals surface area contributed by atoms with E-state index in [0.717, 1.165) is 22.4 Å². The highest BCUT2D eigenvalue weighted by Crippen LogP contribution is 2.47. The second kappa shape index (κ2) is 11.7. The van der Waals surface area contributed by atoms with Crippen molar-refractivity contribution in [3.63, 3.8) is 0 Å². The maximum atomic E-state index is 13.9. The van der Waals surface area contributed by atoms with Crippen LogP contribution in [0, 0.1) is 5.92 Å². The molecule has 0 bridgehead atoms. The van der Waals surface area contributed by atoms with Crippen LogP contribution < -0.4 is 10.1 Å². The number of carbonyl (C=O) groups is 2. The predicted molar refractivity (Wildman–Crippen MR) is 152 cm³/mol. The molecule has 5 nitrogen and oxygen atoms in total. The number of Topliss-reactive ketones (excluding diaryl/α,β-unsaturated/α-hetero) is 1. The molecule has 1 N–H and O–H groups in total. The first kappa shape index (κ1) is 26.5. The fourth-order valence-electron chi connectivity index (χ4n) is 5.49. The van der Waals surface area contributed by atoms with E-state index < -0.39 is 11.9 Å². The van der Waals surface area contributed by atoms with Gasteiger partial charge in [-0.05, 0) is 42.4 Å². The topological polar surface area (TPSA) is 64.6 Å². The number of allylic oxidation sites excluding steroid dienone is 3. The second-order valence-corrected chi connectivity index (χ2v) is 10.7. The molecule has 5 heteroatoms. The normalized spacial score (nSPS) is 19.0. The lowest BCUT2D eigenvalue weighted by atomic mass is 9.71. The summed E-state index contributed by atoms with van der Waals surface area (Å²) in [4.78, 5) is 27.5. The van der Waals surface area contributed by atoms with Crippen molar-refractivity contribution >= 4 is 11.8 Å². The zero-order chi connectivity index (χ0) is 27.4. The van der Waals surface area contributed by atoms with Gasteiger partial charge in [0.05, 0.1) is 18.1 Å². The lowest BCUT2D eigenvalue weighted by Gasteiger charge is -2.37. The molecule has 0 amide bonds. The molecule has 3 aromatic carbocycles. The molecule has 200 valence electrons. The predicted octanol–water partition coefficient (Wildman–Crippen LogP) is 6.83. The van der Waals surface area contributed by atoms with Crippen molar-refractivity contribution in [3.05, 3.63) is 124 Å². The molecule has 0 fully saturated rings. The molecule has 5 rings (SSSR count). The third-order valence-electron chi connectivity index (χ3n) is 7.33. The van der Waals surface area contributed by atoms with Crippen LogP contribution in [0.1, 0.15) is 62.1 Å². The zero-order valence-corrected chi connectivity index (χ0v) is 22.8. The number of benzene rings is 3. The second-order valence-electron chi connectivity index (χ2n) is 10.7. The van der Waals surface area contributed by atoms with Gasteiger partial charge >= 0.3 is 5.97 Å². The van der Waals surface area contributed by atoms with E-state index in [9.17, 15) is 9.59 Å². The summed E-state index contributed by atoms with van der Waals surface area (Å²) in [5.41, 5.74) is 5.68. The molecular weight excluding hydrogens is 486 g/mol. The third-order valence-corrected chi connectivity index (χ3v) is 7.33. The van der Waals surface area contributed by atoms with Gasteiger partial charge in [0.1, 0.15) is 12.4 Å². The Hall–Kier alpha value is -4.12. The lowest BCUT2D eigenvalue weighted by molar-refractivity contribution is -0.140. The summed E-state index contributed by atoms with van der Waals surface area (Å²) in [6, 6.07) is 27.8. The summed E-state index contributed by atoms with van der Waals surface area (Å²) in [7, 11) is 0. The molecule has 0 unspecified atom stereocenters. The van der Waals surface area contributed by atoms with Gasteiger partial charge in [-0.25, -0.2) is 4.79 Å². The van der Waals surface area contributed by atoms with Crippen molar-refractivity contribution in [2.75, 3.05) is 6.61 Å². The van der Waals surface area contributed by atoms with Crippen LogP contribution in [0.5, 0.6) is 5.75 Å². The minimum absolute atomic E-state index is 0.0436.